The smallest absolute Gasteiger partial charge is 0.387 e. The van der Waals surface area contributed by atoms with Crippen LogP contribution in [-0.4, -0.2) is 33.4 Å². The van der Waals surface area contributed by atoms with Crippen LogP contribution in [-0.2, 0) is 6.54 Å². The SMILES string of the molecule is COc1ccc(Cn2c(C)nnc2-c2cc([N+](=O)[O-])ccc2OC(F)F)cc1. The van der Waals surface area contributed by atoms with Crippen LogP contribution < -0.4 is 9.47 Å². The lowest BCUT2D eigenvalue weighted by molar-refractivity contribution is -0.384. The number of nitro benzene ring substituents is 1. The van der Waals surface area contributed by atoms with Crippen molar-refractivity contribution >= 4 is 5.69 Å². The molecule has 28 heavy (non-hydrogen) atoms. The van der Waals surface area contributed by atoms with Crippen molar-refractivity contribution in [1.29, 1.82) is 0 Å². The van der Waals surface area contributed by atoms with Gasteiger partial charge in [0, 0.05) is 12.1 Å². The zero-order valence-electron chi connectivity index (χ0n) is 15.0. The Morgan fingerprint density at radius 3 is 2.50 bits per heavy atom. The van der Waals surface area contributed by atoms with Gasteiger partial charge in [-0.3, -0.25) is 10.1 Å². The number of non-ortho nitro benzene ring substituents is 1. The van der Waals surface area contributed by atoms with Gasteiger partial charge in [0.15, 0.2) is 5.82 Å². The molecule has 0 amide bonds. The molecule has 8 nitrogen and oxygen atoms in total. The van der Waals surface area contributed by atoms with Gasteiger partial charge in [-0.2, -0.15) is 8.78 Å². The van der Waals surface area contributed by atoms with Crippen molar-refractivity contribution < 1.29 is 23.2 Å². The summed E-state index contributed by atoms with van der Waals surface area (Å²) in [5.41, 5.74) is 0.670. The van der Waals surface area contributed by atoms with E-state index in [9.17, 15) is 18.9 Å². The Morgan fingerprint density at radius 2 is 1.89 bits per heavy atom. The number of halogens is 2. The number of aryl methyl sites for hydroxylation is 1. The van der Waals surface area contributed by atoms with E-state index in [1.54, 1.807) is 30.7 Å². The van der Waals surface area contributed by atoms with Crippen molar-refractivity contribution in [3.05, 3.63) is 64.0 Å². The molecule has 146 valence electrons. The van der Waals surface area contributed by atoms with E-state index in [-0.39, 0.29) is 22.8 Å². The van der Waals surface area contributed by atoms with Gasteiger partial charge in [-0.1, -0.05) is 12.1 Å². The lowest BCUT2D eigenvalue weighted by atomic mass is 10.1. The average Bonchev–Trinajstić information content (AvgIpc) is 3.02. The van der Waals surface area contributed by atoms with Gasteiger partial charge in [0.1, 0.15) is 17.3 Å². The molecule has 0 unspecified atom stereocenters. The molecule has 0 saturated carbocycles. The molecule has 0 radical (unpaired) electrons. The van der Waals surface area contributed by atoms with Crippen LogP contribution in [0.3, 0.4) is 0 Å². The molecule has 0 aliphatic rings. The zero-order chi connectivity index (χ0) is 20.3. The van der Waals surface area contributed by atoms with E-state index >= 15 is 0 Å². The van der Waals surface area contributed by atoms with Crippen molar-refractivity contribution in [3.8, 4) is 22.9 Å². The average molecular weight is 390 g/mol. The van der Waals surface area contributed by atoms with Gasteiger partial charge in [0.25, 0.3) is 5.69 Å². The number of hydrogen-bond acceptors (Lipinski definition) is 6. The van der Waals surface area contributed by atoms with Gasteiger partial charge in [0.05, 0.1) is 24.1 Å². The van der Waals surface area contributed by atoms with Gasteiger partial charge >= 0.3 is 6.61 Å². The number of nitrogens with zero attached hydrogens (tertiary/aromatic N) is 4. The molecular formula is C18H16F2N4O4. The first-order chi connectivity index (χ1) is 13.4. The van der Waals surface area contributed by atoms with Crippen LogP contribution >= 0.6 is 0 Å². The molecule has 0 aliphatic heterocycles. The van der Waals surface area contributed by atoms with E-state index in [0.717, 1.165) is 23.8 Å². The van der Waals surface area contributed by atoms with Crippen LogP contribution in [0.25, 0.3) is 11.4 Å². The number of benzene rings is 2. The summed E-state index contributed by atoms with van der Waals surface area (Å²) in [6.45, 7) is -1.06. The molecule has 0 atom stereocenters. The minimum atomic E-state index is -3.08. The highest BCUT2D eigenvalue weighted by atomic mass is 19.3. The minimum Gasteiger partial charge on any atom is -0.497 e. The second kappa shape index (κ2) is 7.99. The molecule has 0 aliphatic carbocycles. The quantitative estimate of drug-likeness (QED) is 0.450. The Hall–Kier alpha value is -3.56. The summed E-state index contributed by atoms with van der Waals surface area (Å²) in [7, 11) is 1.56. The van der Waals surface area contributed by atoms with Crippen LogP contribution in [0.5, 0.6) is 11.5 Å². The number of ether oxygens (including phenoxy) is 2. The highest BCUT2D eigenvalue weighted by Crippen LogP contribution is 2.34. The second-order valence-corrected chi connectivity index (χ2v) is 5.82. The van der Waals surface area contributed by atoms with E-state index in [1.165, 1.54) is 0 Å². The number of hydrogen-bond donors (Lipinski definition) is 0. The fourth-order valence-electron chi connectivity index (χ4n) is 2.69. The molecule has 0 bridgehead atoms. The number of nitro groups is 1. The first-order valence-corrected chi connectivity index (χ1v) is 8.15. The van der Waals surface area contributed by atoms with Gasteiger partial charge in [-0.25, -0.2) is 0 Å². The first kappa shape index (κ1) is 19.2. The van der Waals surface area contributed by atoms with Gasteiger partial charge in [-0.15, -0.1) is 10.2 Å². The molecule has 3 aromatic rings. The standard InChI is InChI=1S/C18H16F2N4O4/c1-11-21-22-17(23(11)10-12-3-6-14(27-2)7-4-12)15-9-13(24(25)26)5-8-16(15)28-18(19)20/h3-9,18H,10H2,1-2H3. The normalized spacial score (nSPS) is 10.9. The molecule has 2 aromatic carbocycles. The Kier molecular flexibility index (Phi) is 5.48. The minimum absolute atomic E-state index is 0.0589. The monoisotopic (exact) mass is 390 g/mol. The lowest BCUT2D eigenvalue weighted by Gasteiger charge is -2.13. The van der Waals surface area contributed by atoms with E-state index in [0.29, 0.717) is 18.1 Å². The fourth-order valence-corrected chi connectivity index (χ4v) is 2.69. The maximum Gasteiger partial charge on any atom is 0.387 e. The predicted molar refractivity (Wildman–Crippen MR) is 95.6 cm³/mol. The zero-order valence-corrected chi connectivity index (χ0v) is 15.0. The number of aromatic nitrogens is 3. The third-order valence-corrected chi connectivity index (χ3v) is 4.07. The molecule has 10 heteroatoms. The highest BCUT2D eigenvalue weighted by Gasteiger charge is 2.21. The van der Waals surface area contributed by atoms with Crippen molar-refractivity contribution in [2.24, 2.45) is 0 Å². The molecule has 0 fully saturated rings. The summed E-state index contributed by atoms with van der Waals surface area (Å²) in [6.07, 6.45) is 0. The molecule has 0 N–H and O–H groups in total. The van der Waals surface area contributed by atoms with E-state index in [1.807, 2.05) is 12.1 Å². The molecule has 1 heterocycles. The summed E-state index contributed by atoms with van der Waals surface area (Å²) < 4.78 is 36.9. The molecule has 0 saturated heterocycles. The van der Waals surface area contributed by atoms with E-state index in [2.05, 4.69) is 14.9 Å². The Labute approximate surface area is 158 Å². The Balaban J connectivity index is 2.06. The number of rotatable bonds is 7. The number of alkyl halides is 2. The van der Waals surface area contributed by atoms with Crippen LogP contribution in [0, 0.1) is 17.0 Å². The van der Waals surface area contributed by atoms with Crippen molar-refractivity contribution in [2.45, 2.75) is 20.1 Å². The van der Waals surface area contributed by atoms with E-state index in [4.69, 9.17) is 4.74 Å². The van der Waals surface area contributed by atoms with Gasteiger partial charge < -0.3 is 14.0 Å². The van der Waals surface area contributed by atoms with Gasteiger partial charge in [0.2, 0.25) is 0 Å². The van der Waals surface area contributed by atoms with Crippen LogP contribution in [0.4, 0.5) is 14.5 Å². The van der Waals surface area contributed by atoms with Crippen LogP contribution in [0.2, 0.25) is 0 Å². The first-order valence-electron chi connectivity index (χ1n) is 8.15. The Morgan fingerprint density at radius 1 is 1.18 bits per heavy atom. The van der Waals surface area contributed by atoms with Crippen molar-refractivity contribution in [3.63, 3.8) is 0 Å². The summed E-state index contributed by atoms with van der Waals surface area (Å²) in [5, 5.41) is 19.1. The summed E-state index contributed by atoms with van der Waals surface area (Å²) in [5.74, 6) is 1.17. The highest BCUT2D eigenvalue weighted by molar-refractivity contribution is 5.68. The van der Waals surface area contributed by atoms with Crippen molar-refractivity contribution in [1.82, 2.24) is 14.8 Å². The van der Waals surface area contributed by atoms with E-state index < -0.39 is 11.5 Å². The van der Waals surface area contributed by atoms with Crippen LogP contribution in [0.15, 0.2) is 42.5 Å². The molecular weight excluding hydrogens is 374 g/mol. The topological polar surface area (TPSA) is 92.3 Å². The van der Waals surface area contributed by atoms with Crippen LogP contribution in [0.1, 0.15) is 11.4 Å². The second-order valence-electron chi connectivity index (χ2n) is 5.82. The summed E-state index contributed by atoms with van der Waals surface area (Å²) >= 11 is 0. The Bertz CT molecular complexity index is 990. The molecule has 1 aromatic heterocycles. The fraction of sp³-hybridized carbons (Fsp3) is 0.222. The summed E-state index contributed by atoms with van der Waals surface area (Å²) in [6, 6.07) is 10.6. The molecule has 3 rings (SSSR count). The maximum absolute atomic E-state index is 12.8. The van der Waals surface area contributed by atoms with Gasteiger partial charge in [-0.05, 0) is 30.7 Å². The lowest BCUT2D eigenvalue weighted by Crippen LogP contribution is -2.08. The third kappa shape index (κ3) is 4.05. The third-order valence-electron chi connectivity index (χ3n) is 4.07. The largest absolute Gasteiger partial charge is 0.497 e. The molecule has 0 spiro atoms. The summed E-state index contributed by atoms with van der Waals surface area (Å²) in [4.78, 5) is 10.5. The maximum atomic E-state index is 12.8. The predicted octanol–water partition coefficient (Wildman–Crippen LogP) is 3.82. The van der Waals surface area contributed by atoms with Crippen molar-refractivity contribution in [2.75, 3.05) is 7.11 Å². The number of methoxy groups -OCH3 is 1.